The number of nitriles is 1. The Hall–Kier alpha value is -2.67. The molecule has 0 atom stereocenters. The smallest absolute Gasteiger partial charge is 0.231 e. The maximum atomic E-state index is 9.22. The summed E-state index contributed by atoms with van der Waals surface area (Å²) >= 11 is 0. The van der Waals surface area contributed by atoms with Gasteiger partial charge in [0.1, 0.15) is 6.07 Å². The molecule has 100 valence electrons. The molecule has 2 aromatic rings. The first-order valence-electron chi connectivity index (χ1n) is 6.40. The molecule has 2 aromatic carbocycles. The molecule has 0 unspecified atom stereocenters. The molecule has 0 aromatic heterocycles. The van der Waals surface area contributed by atoms with Gasteiger partial charge in [-0.3, -0.25) is 0 Å². The van der Waals surface area contributed by atoms with Gasteiger partial charge in [0, 0.05) is 12.1 Å². The Morgan fingerprint density at radius 3 is 2.90 bits per heavy atom. The zero-order valence-electron chi connectivity index (χ0n) is 11.1. The van der Waals surface area contributed by atoms with Crippen LogP contribution in [0, 0.1) is 18.3 Å². The summed E-state index contributed by atoms with van der Waals surface area (Å²) in [6, 6.07) is 13.8. The SMILES string of the molecule is Cc1cccc(NCc2cccc3c2OCO3)c1C#N. The normalized spacial score (nSPS) is 12.0. The fraction of sp³-hybridized carbons (Fsp3) is 0.188. The number of fused-ring (bicyclic) bond motifs is 1. The first kappa shape index (κ1) is 12.4. The molecule has 0 fully saturated rings. The van der Waals surface area contributed by atoms with Crippen molar-refractivity contribution in [3.63, 3.8) is 0 Å². The van der Waals surface area contributed by atoms with Gasteiger partial charge in [0.2, 0.25) is 6.79 Å². The molecule has 4 heteroatoms. The van der Waals surface area contributed by atoms with E-state index in [4.69, 9.17) is 9.47 Å². The van der Waals surface area contributed by atoms with E-state index in [9.17, 15) is 5.26 Å². The number of aryl methyl sites for hydroxylation is 1. The molecule has 4 nitrogen and oxygen atoms in total. The van der Waals surface area contributed by atoms with Gasteiger partial charge in [0.05, 0.1) is 11.3 Å². The third-order valence-corrected chi connectivity index (χ3v) is 3.33. The summed E-state index contributed by atoms with van der Waals surface area (Å²) in [4.78, 5) is 0. The molecule has 0 radical (unpaired) electrons. The van der Waals surface area contributed by atoms with Crippen LogP contribution >= 0.6 is 0 Å². The summed E-state index contributed by atoms with van der Waals surface area (Å²) in [7, 11) is 0. The Morgan fingerprint density at radius 2 is 2.05 bits per heavy atom. The van der Waals surface area contributed by atoms with Crippen LogP contribution in [0.4, 0.5) is 5.69 Å². The number of anilines is 1. The second-order valence-corrected chi connectivity index (χ2v) is 4.61. The van der Waals surface area contributed by atoms with E-state index >= 15 is 0 Å². The highest BCUT2D eigenvalue weighted by Gasteiger charge is 2.17. The molecule has 1 aliphatic heterocycles. The van der Waals surface area contributed by atoms with Crippen LogP contribution in [0.2, 0.25) is 0 Å². The van der Waals surface area contributed by atoms with Gasteiger partial charge < -0.3 is 14.8 Å². The molecular formula is C16H14N2O2. The van der Waals surface area contributed by atoms with Crippen molar-refractivity contribution in [3.8, 4) is 17.6 Å². The highest BCUT2D eigenvalue weighted by Crippen LogP contribution is 2.35. The second kappa shape index (κ2) is 5.14. The number of rotatable bonds is 3. The minimum absolute atomic E-state index is 0.264. The fourth-order valence-electron chi connectivity index (χ4n) is 2.28. The lowest BCUT2D eigenvalue weighted by atomic mass is 10.1. The Labute approximate surface area is 117 Å². The van der Waals surface area contributed by atoms with Crippen molar-refractivity contribution in [1.82, 2.24) is 0 Å². The largest absolute Gasteiger partial charge is 0.454 e. The van der Waals surface area contributed by atoms with Crippen LogP contribution in [-0.2, 0) is 6.54 Å². The quantitative estimate of drug-likeness (QED) is 0.926. The number of ether oxygens (including phenoxy) is 2. The van der Waals surface area contributed by atoms with Crippen molar-refractivity contribution in [3.05, 3.63) is 53.1 Å². The first-order chi connectivity index (χ1) is 9.79. The highest BCUT2D eigenvalue weighted by molar-refractivity contribution is 5.61. The lowest BCUT2D eigenvalue weighted by molar-refractivity contribution is 0.173. The molecule has 0 saturated heterocycles. The van der Waals surface area contributed by atoms with Crippen LogP contribution < -0.4 is 14.8 Å². The predicted molar refractivity (Wildman–Crippen MR) is 75.8 cm³/mol. The number of benzene rings is 2. The summed E-state index contributed by atoms with van der Waals surface area (Å²) in [5, 5.41) is 12.5. The molecular weight excluding hydrogens is 252 g/mol. The lowest BCUT2D eigenvalue weighted by Crippen LogP contribution is -2.03. The van der Waals surface area contributed by atoms with Crippen molar-refractivity contribution >= 4 is 5.69 Å². The zero-order chi connectivity index (χ0) is 13.9. The highest BCUT2D eigenvalue weighted by atomic mass is 16.7. The van der Waals surface area contributed by atoms with Crippen LogP contribution in [0.5, 0.6) is 11.5 Å². The van der Waals surface area contributed by atoms with E-state index in [2.05, 4.69) is 11.4 Å². The number of hydrogen-bond donors (Lipinski definition) is 1. The van der Waals surface area contributed by atoms with Gasteiger partial charge in [0.25, 0.3) is 0 Å². The van der Waals surface area contributed by atoms with Gasteiger partial charge in [-0.25, -0.2) is 0 Å². The van der Waals surface area contributed by atoms with Gasteiger partial charge in [-0.15, -0.1) is 0 Å². The van der Waals surface area contributed by atoms with E-state index in [1.54, 1.807) is 0 Å². The van der Waals surface area contributed by atoms with Crippen molar-refractivity contribution in [2.45, 2.75) is 13.5 Å². The molecule has 0 saturated carbocycles. The maximum Gasteiger partial charge on any atom is 0.231 e. The van der Waals surface area contributed by atoms with Crippen LogP contribution in [0.15, 0.2) is 36.4 Å². The van der Waals surface area contributed by atoms with Gasteiger partial charge >= 0.3 is 0 Å². The summed E-state index contributed by atoms with van der Waals surface area (Å²) < 4.78 is 10.8. The molecule has 1 aliphatic rings. The number of nitrogens with zero attached hydrogens (tertiary/aromatic N) is 1. The van der Waals surface area contributed by atoms with Crippen LogP contribution in [0.1, 0.15) is 16.7 Å². The molecule has 1 N–H and O–H groups in total. The minimum atomic E-state index is 0.264. The molecule has 20 heavy (non-hydrogen) atoms. The number of para-hydroxylation sites is 1. The average Bonchev–Trinajstić information content (AvgIpc) is 2.94. The van der Waals surface area contributed by atoms with E-state index in [-0.39, 0.29) is 6.79 Å². The van der Waals surface area contributed by atoms with Gasteiger partial charge in [-0.1, -0.05) is 24.3 Å². The monoisotopic (exact) mass is 266 g/mol. The second-order valence-electron chi connectivity index (χ2n) is 4.61. The molecule has 3 rings (SSSR count). The van der Waals surface area contributed by atoms with Gasteiger partial charge in [-0.05, 0) is 24.6 Å². The molecule has 0 spiro atoms. The molecule has 0 amide bonds. The maximum absolute atomic E-state index is 9.22. The van der Waals surface area contributed by atoms with E-state index < -0.39 is 0 Å². The summed E-state index contributed by atoms with van der Waals surface area (Å²) in [5.74, 6) is 1.56. The topological polar surface area (TPSA) is 54.3 Å². The fourth-order valence-corrected chi connectivity index (χ4v) is 2.28. The third kappa shape index (κ3) is 2.14. The first-order valence-corrected chi connectivity index (χ1v) is 6.40. The minimum Gasteiger partial charge on any atom is -0.454 e. The summed E-state index contributed by atoms with van der Waals surface area (Å²) in [6.45, 7) is 2.78. The van der Waals surface area contributed by atoms with Crippen molar-refractivity contribution < 1.29 is 9.47 Å². The van der Waals surface area contributed by atoms with Crippen molar-refractivity contribution in [1.29, 1.82) is 5.26 Å². The Balaban J connectivity index is 1.83. The van der Waals surface area contributed by atoms with E-state index in [1.807, 2.05) is 43.3 Å². The Morgan fingerprint density at radius 1 is 1.20 bits per heavy atom. The molecule has 0 bridgehead atoms. The van der Waals surface area contributed by atoms with Gasteiger partial charge in [0.15, 0.2) is 11.5 Å². The standard InChI is InChI=1S/C16H14N2O2/c1-11-4-2-6-14(13(11)8-17)18-9-12-5-3-7-15-16(12)20-10-19-15/h2-7,18H,9-10H2,1H3. The van der Waals surface area contributed by atoms with Crippen LogP contribution in [0.3, 0.4) is 0 Å². The third-order valence-electron chi connectivity index (χ3n) is 3.33. The number of hydrogen-bond acceptors (Lipinski definition) is 4. The predicted octanol–water partition coefficient (Wildman–Crippen LogP) is 3.21. The zero-order valence-corrected chi connectivity index (χ0v) is 11.1. The van der Waals surface area contributed by atoms with Crippen molar-refractivity contribution in [2.75, 3.05) is 12.1 Å². The number of nitrogens with one attached hydrogen (secondary N) is 1. The van der Waals surface area contributed by atoms with Gasteiger partial charge in [-0.2, -0.15) is 5.26 Å². The average molecular weight is 266 g/mol. The lowest BCUT2D eigenvalue weighted by Gasteiger charge is -2.11. The van der Waals surface area contributed by atoms with E-state index in [0.717, 1.165) is 28.3 Å². The molecule has 0 aliphatic carbocycles. The van der Waals surface area contributed by atoms with Crippen LogP contribution in [-0.4, -0.2) is 6.79 Å². The molecule has 1 heterocycles. The van der Waals surface area contributed by atoms with E-state index in [0.29, 0.717) is 12.1 Å². The van der Waals surface area contributed by atoms with Crippen LogP contribution in [0.25, 0.3) is 0 Å². The van der Waals surface area contributed by atoms with Crippen molar-refractivity contribution in [2.24, 2.45) is 0 Å². The Bertz CT molecular complexity index is 689. The summed E-state index contributed by atoms with van der Waals surface area (Å²) in [6.07, 6.45) is 0. The summed E-state index contributed by atoms with van der Waals surface area (Å²) in [5.41, 5.74) is 3.50. The Kier molecular flexibility index (Phi) is 3.18. The van der Waals surface area contributed by atoms with E-state index in [1.165, 1.54) is 0 Å².